The van der Waals surface area contributed by atoms with Crippen molar-refractivity contribution in [2.45, 2.75) is 44.2 Å². The molecule has 7 heteroatoms. The second-order valence-corrected chi connectivity index (χ2v) is 9.15. The van der Waals surface area contributed by atoms with Gasteiger partial charge in [0.15, 0.2) is 0 Å². The molecule has 1 aromatic carbocycles. The lowest BCUT2D eigenvalue weighted by Crippen LogP contribution is -2.40. The molecule has 1 saturated carbocycles. The molecule has 1 aliphatic rings. The van der Waals surface area contributed by atoms with Crippen molar-refractivity contribution in [3.05, 3.63) is 36.7 Å². The molecule has 0 unspecified atom stereocenters. The van der Waals surface area contributed by atoms with Gasteiger partial charge in [0, 0.05) is 41.9 Å². The molecule has 1 fully saturated rings. The maximum atomic E-state index is 11.9. The van der Waals surface area contributed by atoms with Gasteiger partial charge in [0.25, 0.3) is 0 Å². The monoisotopic (exact) mass is 376 g/mol. The first-order valence-electron chi connectivity index (χ1n) is 8.87. The maximum Gasteiger partial charge on any atom is 0.221 e. The Bertz CT molecular complexity index is 869. The molecular weight excluding hydrogens is 352 g/mol. The lowest BCUT2D eigenvalue weighted by atomic mass is 9.92. The minimum atomic E-state index is -3.11. The molecule has 2 aromatic rings. The average molecular weight is 376 g/mol. The van der Waals surface area contributed by atoms with E-state index < -0.39 is 9.84 Å². The summed E-state index contributed by atoms with van der Waals surface area (Å²) >= 11 is 0. The number of amides is 1. The summed E-state index contributed by atoms with van der Waals surface area (Å²) in [5.74, 6) is 0.569. The zero-order valence-electron chi connectivity index (χ0n) is 14.8. The molecule has 1 aromatic heterocycles. The number of fused-ring (bicyclic) bond motifs is 1. The first-order valence-corrected chi connectivity index (χ1v) is 10.9. The third-order valence-corrected chi connectivity index (χ3v) is 5.62. The minimum absolute atomic E-state index is 0.0271. The van der Waals surface area contributed by atoms with E-state index in [-0.39, 0.29) is 30.2 Å². The van der Waals surface area contributed by atoms with Crippen LogP contribution >= 0.6 is 0 Å². The number of pyridine rings is 1. The molecule has 0 aliphatic heterocycles. The third-order valence-electron chi connectivity index (χ3n) is 4.67. The zero-order chi connectivity index (χ0) is 18.6. The predicted molar refractivity (Wildman–Crippen MR) is 101 cm³/mol. The number of hydrogen-bond acceptors (Lipinski definition) is 5. The van der Waals surface area contributed by atoms with Crippen molar-refractivity contribution < 1.29 is 17.9 Å². The largest absolute Gasteiger partial charge is 0.490 e. The van der Waals surface area contributed by atoms with Crippen LogP contribution in [0.4, 0.5) is 0 Å². The highest BCUT2D eigenvalue weighted by Gasteiger charge is 2.24. The van der Waals surface area contributed by atoms with Gasteiger partial charge < -0.3 is 10.1 Å². The van der Waals surface area contributed by atoms with Crippen molar-refractivity contribution >= 4 is 26.5 Å². The molecule has 0 atom stereocenters. The number of hydrogen-bond donors (Lipinski definition) is 1. The molecule has 0 spiro atoms. The summed E-state index contributed by atoms with van der Waals surface area (Å²) in [4.78, 5) is 16.0. The molecule has 26 heavy (non-hydrogen) atoms. The van der Waals surface area contributed by atoms with E-state index in [1.165, 1.54) is 0 Å². The molecule has 3 rings (SSSR count). The smallest absolute Gasteiger partial charge is 0.221 e. The number of ether oxygens (including phenoxy) is 1. The normalized spacial score (nSPS) is 20.7. The number of nitrogens with zero attached hydrogens (tertiary/aromatic N) is 1. The number of sulfone groups is 1. The van der Waals surface area contributed by atoms with Gasteiger partial charge in [-0.2, -0.15) is 0 Å². The van der Waals surface area contributed by atoms with E-state index in [4.69, 9.17) is 4.74 Å². The Kier molecular flexibility index (Phi) is 5.76. The van der Waals surface area contributed by atoms with Gasteiger partial charge in [0.1, 0.15) is 15.6 Å². The number of carbonyl (C=O) groups excluding carboxylic acids is 1. The summed E-state index contributed by atoms with van der Waals surface area (Å²) in [5.41, 5.74) is 0. The Hall–Kier alpha value is -2.15. The van der Waals surface area contributed by atoms with Crippen LogP contribution in [0.15, 0.2) is 36.7 Å². The fourth-order valence-electron chi connectivity index (χ4n) is 3.28. The highest BCUT2D eigenvalue weighted by atomic mass is 32.2. The van der Waals surface area contributed by atoms with Gasteiger partial charge in [0.2, 0.25) is 5.91 Å². The zero-order valence-corrected chi connectivity index (χ0v) is 15.7. The Balaban J connectivity index is 1.50. The van der Waals surface area contributed by atoms with Gasteiger partial charge in [-0.3, -0.25) is 9.78 Å². The average Bonchev–Trinajstić information content (AvgIpc) is 2.61. The first-order chi connectivity index (χ1) is 12.4. The Labute approximate surface area is 153 Å². The summed E-state index contributed by atoms with van der Waals surface area (Å²) < 4.78 is 28.5. The maximum absolute atomic E-state index is 11.9. The van der Waals surface area contributed by atoms with Gasteiger partial charge in [-0.25, -0.2) is 8.42 Å². The fraction of sp³-hybridized carbons (Fsp3) is 0.474. The van der Waals surface area contributed by atoms with Crippen LogP contribution in [0.2, 0.25) is 0 Å². The lowest BCUT2D eigenvalue weighted by molar-refractivity contribution is -0.121. The van der Waals surface area contributed by atoms with E-state index >= 15 is 0 Å². The highest BCUT2D eigenvalue weighted by Crippen LogP contribution is 2.29. The van der Waals surface area contributed by atoms with Crippen LogP contribution in [0.5, 0.6) is 5.75 Å². The van der Waals surface area contributed by atoms with Gasteiger partial charge in [-0.15, -0.1) is 0 Å². The van der Waals surface area contributed by atoms with Crippen LogP contribution in [-0.2, 0) is 14.6 Å². The Morgan fingerprint density at radius 3 is 2.73 bits per heavy atom. The van der Waals surface area contributed by atoms with Crippen LogP contribution < -0.4 is 10.1 Å². The van der Waals surface area contributed by atoms with Crippen molar-refractivity contribution in [3.8, 4) is 5.75 Å². The summed E-state index contributed by atoms with van der Waals surface area (Å²) in [6, 6.07) is 8.00. The van der Waals surface area contributed by atoms with E-state index in [0.29, 0.717) is 0 Å². The second-order valence-electron chi connectivity index (χ2n) is 6.89. The molecule has 1 aliphatic carbocycles. The van der Waals surface area contributed by atoms with Gasteiger partial charge >= 0.3 is 0 Å². The molecule has 6 nitrogen and oxygen atoms in total. The van der Waals surface area contributed by atoms with Crippen LogP contribution in [0.25, 0.3) is 10.8 Å². The van der Waals surface area contributed by atoms with Gasteiger partial charge in [0.05, 0.1) is 11.9 Å². The minimum Gasteiger partial charge on any atom is -0.490 e. The first kappa shape index (κ1) is 18.6. The second kappa shape index (κ2) is 8.03. The Morgan fingerprint density at radius 1 is 1.23 bits per heavy atom. The molecular formula is C19H24N2O4S. The van der Waals surface area contributed by atoms with Crippen LogP contribution in [0.1, 0.15) is 32.1 Å². The molecule has 0 bridgehead atoms. The number of aromatic nitrogens is 1. The van der Waals surface area contributed by atoms with Crippen molar-refractivity contribution in [2.24, 2.45) is 0 Å². The number of nitrogens with one attached hydrogen (secondary N) is 1. The number of rotatable bonds is 6. The molecule has 0 saturated heterocycles. The molecule has 1 N–H and O–H groups in total. The van der Waals surface area contributed by atoms with Crippen molar-refractivity contribution in [3.63, 3.8) is 0 Å². The summed E-state index contributed by atoms with van der Waals surface area (Å²) in [6.45, 7) is 0. The molecule has 140 valence electrons. The van der Waals surface area contributed by atoms with Gasteiger partial charge in [-0.05, 0) is 37.8 Å². The van der Waals surface area contributed by atoms with Crippen molar-refractivity contribution in [2.75, 3.05) is 12.0 Å². The quantitative estimate of drug-likeness (QED) is 0.837. The summed E-state index contributed by atoms with van der Waals surface area (Å²) in [7, 11) is -3.11. The SMILES string of the molecule is CS(=O)(=O)CCC(=O)NC1CCC(Oc2cccc3cnccc23)CC1. The topological polar surface area (TPSA) is 85.4 Å². The predicted octanol–water partition coefficient (Wildman–Crippen LogP) is 2.48. The van der Waals surface area contributed by atoms with E-state index in [2.05, 4.69) is 10.3 Å². The lowest BCUT2D eigenvalue weighted by Gasteiger charge is -2.29. The standard InChI is InChI=1S/C19H24N2O4S/c1-26(23,24)12-10-19(22)21-15-5-7-16(8-6-15)25-18-4-2-3-14-13-20-11-9-17(14)18/h2-4,9,11,13,15-16H,5-8,10,12H2,1H3,(H,21,22). The van der Waals surface area contributed by atoms with Gasteiger partial charge in [-0.1, -0.05) is 12.1 Å². The van der Waals surface area contributed by atoms with Crippen molar-refractivity contribution in [1.29, 1.82) is 0 Å². The van der Waals surface area contributed by atoms with Crippen LogP contribution in [0.3, 0.4) is 0 Å². The summed E-state index contributed by atoms with van der Waals surface area (Å²) in [5, 5.41) is 5.05. The molecule has 1 amide bonds. The molecule has 1 heterocycles. The van der Waals surface area contributed by atoms with E-state index in [9.17, 15) is 13.2 Å². The molecule has 0 radical (unpaired) electrons. The van der Waals surface area contributed by atoms with E-state index in [1.54, 1.807) is 6.20 Å². The van der Waals surface area contributed by atoms with Crippen molar-refractivity contribution in [1.82, 2.24) is 10.3 Å². The summed E-state index contributed by atoms with van der Waals surface area (Å²) in [6.07, 6.45) is 8.27. The van der Waals surface area contributed by atoms with E-state index in [0.717, 1.165) is 48.5 Å². The highest BCUT2D eigenvalue weighted by molar-refractivity contribution is 7.90. The number of benzene rings is 1. The fourth-order valence-corrected chi connectivity index (χ4v) is 3.83. The van der Waals surface area contributed by atoms with Crippen LogP contribution in [-0.4, -0.2) is 43.5 Å². The third kappa shape index (κ3) is 5.17. The van der Waals surface area contributed by atoms with E-state index in [1.807, 2.05) is 30.5 Å². The van der Waals surface area contributed by atoms with Crippen LogP contribution in [0, 0.1) is 0 Å². The Morgan fingerprint density at radius 2 is 2.00 bits per heavy atom. The number of carbonyl (C=O) groups is 1.